The Morgan fingerprint density at radius 1 is 1.23 bits per heavy atom. The molecule has 1 heterocycles. The summed E-state index contributed by atoms with van der Waals surface area (Å²) in [4.78, 5) is 15.6. The minimum atomic E-state index is -4.53. The second kappa shape index (κ2) is 6.61. The van der Waals surface area contributed by atoms with Gasteiger partial charge in [-0.25, -0.2) is 5.48 Å². The molecule has 0 aliphatic heterocycles. The lowest BCUT2D eigenvalue weighted by Gasteiger charge is -2.07. The number of aromatic nitrogens is 1. The second-order valence-corrected chi connectivity index (χ2v) is 6.32. The molecule has 2 aromatic carbocycles. The van der Waals surface area contributed by atoms with Crippen LogP contribution in [0.25, 0.3) is 11.1 Å². The summed E-state index contributed by atoms with van der Waals surface area (Å²) in [5.74, 6) is -0.701. The molecule has 0 radical (unpaired) electrons. The number of nitrogens with one attached hydrogen (secondary N) is 2. The zero-order valence-corrected chi connectivity index (χ0v) is 14.7. The van der Waals surface area contributed by atoms with Crippen molar-refractivity contribution < 1.29 is 27.6 Å². The molecule has 0 spiro atoms. The van der Waals surface area contributed by atoms with E-state index in [1.807, 2.05) is 0 Å². The molecule has 0 saturated carbocycles. The van der Waals surface area contributed by atoms with Crippen LogP contribution >= 0.6 is 15.9 Å². The number of hydrogen-bond donors (Lipinski definition) is 3. The van der Waals surface area contributed by atoms with E-state index < -0.39 is 17.6 Å². The first-order valence-electron chi connectivity index (χ1n) is 7.18. The number of alkyl halides is 3. The molecular formula is C16H11BrF3N3O3. The van der Waals surface area contributed by atoms with Crippen LogP contribution in [0.2, 0.25) is 0 Å². The molecule has 1 aromatic heterocycles. The zero-order valence-electron chi connectivity index (χ0n) is 13.1. The standard InChI is InChI=1S/C16H11BrF3N3O3/c1-7-2-8(14(24)23-25)4-9(3-7)21-15-22-12-6-11(17)10(16(18,19)20)5-13(12)26-15/h2-6,25H,1H3,(H,21,22)(H,23,24). The highest BCUT2D eigenvalue weighted by Crippen LogP contribution is 2.38. The van der Waals surface area contributed by atoms with Gasteiger partial charge in [0.25, 0.3) is 11.9 Å². The average molecular weight is 430 g/mol. The SMILES string of the molecule is Cc1cc(Nc2nc3cc(Br)c(C(F)(F)F)cc3o2)cc(C(=O)NO)c1. The lowest BCUT2D eigenvalue weighted by Crippen LogP contribution is -2.18. The van der Waals surface area contributed by atoms with Gasteiger partial charge < -0.3 is 9.73 Å². The Labute approximate surface area is 153 Å². The van der Waals surface area contributed by atoms with Crippen LogP contribution in [0, 0.1) is 6.92 Å². The lowest BCUT2D eigenvalue weighted by atomic mass is 10.1. The monoisotopic (exact) mass is 429 g/mol. The molecule has 26 heavy (non-hydrogen) atoms. The highest BCUT2D eigenvalue weighted by atomic mass is 79.9. The molecule has 3 aromatic rings. The van der Waals surface area contributed by atoms with E-state index in [2.05, 4.69) is 26.2 Å². The van der Waals surface area contributed by atoms with Crippen LogP contribution in [-0.4, -0.2) is 16.1 Å². The fraction of sp³-hybridized carbons (Fsp3) is 0.125. The molecule has 0 aliphatic carbocycles. The van der Waals surface area contributed by atoms with Gasteiger partial charge in [0.2, 0.25) is 0 Å². The van der Waals surface area contributed by atoms with Gasteiger partial charge in [-0.1, -0.05) is 15.9 Å². The van der Waals surface area contributed by atoms with E-state index in [1.165, 1.54) is 17.6 Å². The molecule has 136 valence electrons. The van der Waals surface area contributed by atoms with Gasteiger partial charge in [-0.05, 0) is 42.8 Å². The summed E-state index contributed by atoms with van der Waals surface area (Å²) >= 11 is 2.88. The third-order valence-corrected chi connectivity index (χ3v) is 4.13. The van der Waals surface area contributed by atoms with E-state index in [1.54, 1.807) is 19.1 Å². The molecule has 10 heteroatoms. The maximum absolute atomic E-state index is 13.0. The number of carbonyl (C=O) groups is 1. The number of benzene rings is 2. The summed E-state index contributed by atoms with van der Waals surface area (Å²) in [5.41, 5.74) is 2.18. The van der Waals surface area contributed by atoms with Crippen molar-refractivity contribution in [2.75, 3.05) is 5.32 Å². The first-order chi connectivity index (χ1) is 12.2. The number of rotatable bonds is 3. The quantitative estimate of drug-likeness (QED) is 0.411. The molecule has 0 fully saturated rings. The van der Waals surface area contributed by atoms with E-state index in [4.69, 9.17) is 9.62 Å². The van der Waals surface area contributed by atoms with Crippen LogP contribution in [0.4, 0.5) is 24.9 Å². The van der Waals surface area contributed by atoms with Gasteiger partial charge in [0.05, 0.1) is 5.56 Å². The molecule has 0 atom stereocenters. The Morgan fingerprint density at radius 2 is 1.96 bits per heavy atom. The minimum Gasteiger partial charge on any atom is -0.423 e. The topological polar surface area (TPSA) is 87.4 Å². The largest absolute Gasteiger partial charge is 0.423 e. The van der Waals surface area contributed by atoms with Gasteiger partial charge in [-0.2, -0.15) is 18.2 Å². The highest BCUT2D eigenvalue weighted by molar-refractivity contribution is 9.10. The summed E-state index contributed by atoms with van der Waals surface area (Å²) in [6, 6.07) is 6.71. The number of amides is 1. The summed E-state index contributed by atoms with van der Waals surface area (Å²) in [6.45, 7) is 1.73. The fourth-order valence-electron chi connectivity index (χ4n) is 2.39. The van der Waals surface area contributed by atoms with Crippen LogP contribution < -0.4 is 10.8 Å². The van der Waals surface area contributed by atoms with Gasteiger partial charge in [0.1, 0.15) is 5.52 Å². The Kier molecular flexibility index (Phi) is 4.63. The first kappa shape index (κ1) is 18.2. The number of hydrogen-bond acceptors (Lipinski definition) is 5. The van der Waals surface area contributed by atoms with Gasteiger partial charge in [-0.3, -0.25) is 10.0 Å². The maximum Gasteiger partial charge on any atom is 0.417 e. The fourth-order valence-corrected chi connectivity index (χ4v) is 2.95. The normalized spacial score (nSPS) is 11.6. The summed E-state index contributed by atoms with van der Waals surface area (Å²) in [7, 11) is 0. The third-order valence-electron chi connectivity index (χ3n) is 3.48. The molecule has 0 aliphatic rings. The van der Waals surface area contributed by atoms with Gasteiger partial charge in [0, 0.05) is 15.7 Å². The molecule has 3 rings (SSSR count). The van der Waals surface area contributed by atoms with E-state index in [0.717, 1.165) is 6.07 Å². The predicted molar refractivity (Wildman–Crippen MR) is 90.4 cm³/mol. The van der Waals surface area contributed by atoms with E-state index in [9.17, 15) is 18.0 Å². The number of oxazole rings is 1. The molecular weight excluding hydrogens is 419 g/mol. The smallest absolute Gasteiger partial charge is 0.417 e. The second-order valence-electron chi connectivity index (χ2n) is 5.47. The first-order valence-corrected chi connectivity index (χ1v) is 7.97. The molecule has 0 saturated heterocycles. The number of halogens is 4. The van der Waals surface area contributed by atoms with Crippen LogP contribution in [0.1, 0.15) is 21.5 Å². The number of fused-ring (bicyclic) bond motifs is 1. The van der Waals surface area contributed by atoms with Crippen molar-refractivity contribution in [1.82, 2.24) is 10.5 Å². The van der Waals surface area contributed by atoms with Gasteiger partial charge in [-0.15, -0.1) is 0 Å². The van der Waals surface area contributed by atoms with Crippen LogP contribution in [0.15, 0.2) is 39.2 Å². The van der Waals surface area contributed by atoms with Crippen molar-refractivity contribution in [3.05, 3.63) is 51.5 Å². The van der Waals surface area contributed by atoms with Crippen molar-refractivity contribution in [3.63, 3.8) is 0 Å². The number of anilines is 2. The molecule has 6 nitrogen and oxygen atoms in total. The number of aryl methyl sites for hydroxylation is 1. The van der Waals surface area contributed by atoms with Crippen molar-refractivity contribution in [1.29, 1.82) is 0 Å². The molecule has 0 bridgehead atoms. The minimum absolute atomic E-state index is 0.0350. The number of nitrogens with zero attached hydrogens (tertiary/aromatic N) is 1. The van der Waals surface area contributed by atoms with Crippen LogP contribution in [0.5, 0.6) is 0 Å². The number of hydroxylamine groups is 1. The van der Waals surface area contributed by atoms with E-state index in [0.29, 0.717) is 11.3 Å². The van der Waals surface area contributed by atoms with Crippen LogP contribution in [0.3, 0.4) is 0 Å². The maximum atomic E-state index is 13.0. The molecule has 3 N–H and O–H groups in total. The molecule has 1 amide bonds. The highest BCUT2D eigenvalue weighted by Gasteiger charge is 2.34. The van der Waals surface area contributed by atoms with Crippen molar-refractivity contribution in [2.24, 2.45) is 0 Å². The average Bonchev–Trinajstić information content (AvgIpc) is 2.92. The Balaban J connectivity index is 1.97. The zero-order chi connectivity index (χ0) is 19.1. The van der Waals surface area contributed by atoms with Crippen molar-refractivity contribution >= 4 is 44.6 Å². The Hall–Kier alpha value is -2.59. The van der Waals surface area contributed by atoms with Gasteiger partial charge >= 0.3 is 6.18 Å². The van der Waals surface area contributed by atoms with E-state index in [-0.39, 0.29) is 27.2 Å². The summed E-state index contributed by atoms with van der Waals surface area (Å²) in [5, 5.41) is 11.5. The van der Waals surface area contributed by atoms with Crippen LogP contribution in [-0.2, 0) is 6.18 Å². The Bertz CT molecular complexity index is 1000. The van der Waals surface area contributed by atoms with Gasteiger partial charge in [0.15, 0.2) is 5.58 Å². The Morgan fingerprint density at radius 3 is 2.62 bits per heavy atom. The number of carbonyl (C=O) groups excluding carboxylic acids is 1. The third kappa shape index (κ3) is 3.65. The summed E-state index contributed by atoms with van der Waals surface area (Å²) < 4.78 is 44.1. The summed E-state index contributed by atoms with van der Waals surface area (Å²) in [6.07, 6.45) is -4.53. The van der Waals surface area contributed by atoms with Crippen molar-refractivity contribution in [3.8, 4) is 0 Å². The lowest BCUT2D eigenvalue weighted by molar-refractivity contribution is -0.138. The predicted octanol–water partition coefficient (Wildman–Crippen LogP) is 4.78. The van der Waals surface area contributed by atoms with Crippen molar-refractivity contribution in [2.45, 2.75) is 13.1 Å². The van der Waals surface area contributed by atoms with E-state index >= 15 is 0 Å². The molecule has 0 unspecified atom stereocenters.